The average molecular weight is 394 g/mol. The van der Waals surface area contributed by atoms with Gasteiger partial charge in [-0.25, -0.2) is 0 Å². The molecule has 2 aromatic heterocycles. The average Bonchev–Trinajstić information content (AvgIpc) is 3.33. The third kappa shape index (κ3) is 4.11. The quantitative estimate of drug-likeness (QED) is 0.683. The number of hydrogen-bond donors (Lipinski definition) is 2. The maximum absolute atomic E-state index is 13.2. The van der Waals surface area contributed by atoms with Crippen molar-refractivity contribution in [2.45, 2.75) is 19.4 Å². The van der Waals surface area contributed by atoms with Crippen LogP contribution in [0.1, 0.15) is 12.5 Å². The Morgan fingerprint density at radius 3 is 2.66 bits per heavy atom. The number of para-hydroxylation sites is 1. The maximum atomic E-state index is 13.2. The summed E-state index contributed by atoms with van der Waals surface area (Å²) >= 11 is 0. The summed E-state index contributed by atoms with van der Waals surface area (Å²) in [6, 6.07) is 7.42. The van der Waals surface area contributed by atoms with E-state index < -0.39 is 6.04 Å². The fourth-order valence-electron chi connectivity index (χ4n) is 3.94. The molecule has 29 heavy (non-hydrogen) atoms. The number of carbonyl (C=O) groups excluding carboxylic acids is 2. The summed E-state index contributed by atoms with van der Waals surface area (Å²) in [4.78, 5) is 32.3. The van der Waals surface area contributed by atoms with Crippen LogP contribution in [0.25, 0.3) is 10.9 Å². The van der Waals surface area contributed by atoms with Gasteiger partial charge in [0.15, 0.2) is 0 Å². The van der Waals surface area contributed by atoms with Crippen LogP contribution >= 0.6 is 0 Å². The lowest BCUT2D eigenvalue weighted by atomic mass is 10.0. The van der Waals surface area contributed by atoms with Crippen LogP contribution in [0.4, 0.5) is 5.69 Å². The van der Waals surface area contributed by atoms with E-state index in [9.17, 15) is 9.59 Å². The van der Waals surface area contributed by atoms with E-state index in [1.54, 1.807) is 4.68 Å². The van der Waals surface area contributed by atoms with Crippen molar-refractivity contribution in [3.8, 4) is 0 Å². The minimum atomic E-state index is -0.573. The molecule has 1 fully saturated rings. The van der Waals surface area contributed by atoms with E-state index in [-0.39, 0.29) is 11.8 Å². The SMILES string of the molecule is CC(=O)NC(Cc1c[nH]c2ccccc12)C(=O)N1CCN(c2cnn(C)c2)CC1. The molecule has 3 aromatic rings. The molecule has 4 rings (SSSR count). The van der Waals surface area contributed by atoms with Crippen molar-refractivity contribution >= 4 is 28.4 Å². The molecule has 1 aliphatic rings. The monoisotopic (exact) mass is 394 g/mol. The number of anilines is 1. The second kappa shape index (κ2) is 7.98. The van der Waals surface area contributed by atoms with E-state index in [1.807, 2.05) is 54.8 Å². The smallest absolute Gasteiger partial charge is 0.245 e. The summed E-state index contributed by atoms with van der Waals surface area (Å²) in [5, 5.41) is 8.15. The number of aromatic amines is 1. The van der Waals surface area contributed by atoms with Crippen LogP contribution in [-0.2, 0) is 23.1 Å². The predicted molar refractivity (Wildman–Crippen MR) is 112 cm³/mol. The normalized spacial score (nSPS) is 15.5. The first-order chi connectivity index (χ1) is 14.0. The molecule has 1 saturated heterocycles. The zero-order chi connectivity index (χ0) is 20.4. The number of nitrogens with one attached hydrogen (secondary N) is 2. The zero-order valence-corrected chi connectivity index (χ0v) is 16.8. The van der Waals surface area contributed by atoms with Gasteiger partial charge >= 0.3 is 0 Å². The van der Waals surface area contributed by atoms with Gasteiger partial charge in [-0.2, -0.15) is 5.10 Å². The molecule has 3 heterocycles. The molecule has 2 amide bonds. The number of piperazine rings is 1. The molecule has 0 saturated carbocycles. The Morgan fingerprint density at radius 2 is 1.97 bits per heavy atom. The molecule has 1 atom stereocenters. The third-order valence-corrected chi connectivity index (χ3v) is 5.42. The van der Waals surface area contributed by atoms with Gasteiger partial charge in [-0.05, 0) is 11.6 Å². The third-order valence-electron chi connectivity index (χ3n) is 5.42. The molecule has 152 valence electrons. The van der Waals surface area contributed by atoms with Gasteiger partial charge in [0.2, 0.25) is 11.8 Å². The van der Waals surface area contributed by atoms with Gasteiger partial charge in [0.05, 0.1) is 11.9 Å². The highest BCUT2D eigenvalue weighted by Crippen LogP contribution is 2.20. The molecular weight excluding hydrogens is 368 g/mol. The van der Waals surface area contributed by atoms with Crippen LogP contribution < -0.4 is 10.2 Å². The molecule has 8 heteroatoms. The summed E-state index contributed by atoms with van der Waals surface area (Å²) in [7, 11) is 1.89. The fourth-order valence-corrected chi connectivity index (χ4v) is 3.94. The lowest BCUT2D eigenvalue weighted by molar-refractivity contribution is -0.136. The topological polar surface area (TPSA) is 86.3 Å². The largest absolute Gasteiger partial charge is 0.365 e. The molecule has 0 aliphatic carbocycles. The first kappa shape index (κ1) is 19.0. The minimum absolute atomic E-state index is 0.0312. The van der Waals surface area contributed by atoms with Crippen LogP contribution in [0, 0.1) is 0 Å². The predicted octanol–water partition coefficient (Wildman–Crippen LogP) is 1.30. The first-order valence-electron chi connectivity index (χ1n) is 9.86. The Balaban J connectivity index is 1.45. The highest BCUT2D eigenvalue weighted by atomic mass is 16.2. The molecule has 0 radical (unpaired) electrons. The minimum Gasteiger partial charge on any atom is -0.365 e. The molecule has 2 N–H and O–H groups in total. The van der Waals surface area contributed by atoms with Gasteiger partial charge in [-0.15, -0.1) is 0 Å². The Hall–Kier alpha value is -3.29. The Kier molecular flexibility index (Phi) is 5.24. The Labute approximate surface area is 169 Å². The molecule has 1 unspecified atom stereocenters. The van der Waals surface area contributed by atoms with Gasteiger partial charge in [0.25, 0.3) is 0 Å². The highest BCUT2D eigenvalue weighted by Gasteiger charge is 2.29. The van der Waals surface area contributed by atoms with Crippen LogP contribution in [0.3, 0.4) is 0 Å². The van der Waals surface area contributed by atoms with Crippen molar-refractivity contribution in [1.82, 2.24) is 25.0 Å². The van der Waals surface area contributed by atoms with E-state index in [0.29, 0.717) is 19.5 Å². The van der Waals surface area contributed by atoms with E-state index in [4.69, 9.17) is 0 Å². The van der Waals surface area contributed by atoms with E-state index >= 15 is 0 Å². The number of rotatable bonds is 5. The van der Waals surface area contributed by atoms with E-state index in [2.05, 4.69) is 20.3 Å². The Bertz CT molecular complexity index is 1020. The van der Waals surface area contributed by atoms with E-state index in [0.717, 1.165) is 35.2 Å². The van der Waals surface area contributed by atoms with Crippen LogP contribution in [-0.4, -0.2) is 63.7 Å². The second-order valence-corrected chi connectivity index (χ2v) is 7.50. The molecule has 8 nitrogen and oxygen atoms in total. The standard InChI is InChI=1S/C21H26N6O2/c1-15(28)24-20(11-16-12-22-19-6-4-3-5-18(16)19)21(29)27-9-7-26(8-10-27)17-13-23-25(2)14-17/h3-6,12-14,20,22H,7-11H2,1-2H3,(H,24,28). The number of aromatic nitrogens is 3. The number of carbonyl (C=O) groups is 2. The van der Waals surface area contributed by atoms with E-state index in [1.165, 1.54) is 6.92 Å². The van der Waals surface area contributed by atoms with Gasteiger partial charge < -0.3 is 20.1 Å². The molecule has 1 aliphatic heterocycles. The summed E-state index contributed by atoms with van der Waals surface area (Å²) < 4.78 is 1.78. The molecule has 0 spiro atoms. The van der Waals surface area contributed by atoms with Crippen molar-refractivity contribution in [3.63, 3.8) is 0 Å². The summed E-state index contributed by atoms with van der Waals surface area (Å²) in [5.41, 5.74) is 3.13. The number of benzene rings is 1. The number of H-pyrrole nitrogens is 1. The number of hydrogen-bond acceptors (Lipinski definition) is 4. The Morgan fingerprint density at radius 1 is 1.21 bits per heavy atom. The number of amides is 2. The lowest BCUT2D eigenvalue weighted by Gasteiger charge is -2.37. The lowest BCUT2D eigenvalue weighted by Crippen LogP contribution is -2.55. The first-order valence-corrected chi connectivity index (χ1v) is 9.86. The zero-order valence-electron chi connectivity index (χ0n) is 16.8. The van der Waals surface area contributed by atoms with Gasteiger partial charge in [-0.1, -0.05) is 18.2 Å². The van der Waals surface area contributed by atoms with Gasteiger partial charge in [0, 0.05) is 69.9 Å². The van der Waals surface area contributed by atoms with Gasteiger partial charge in [-0.3, -0.25) is 14.3 Å². The molecular formula is C21H26N6O2. The van der Waals surface area contributed by atoms with Crippen molar-refractivity contribution in [3.05, 3.63) is 48.4 Å². The second-order valence-electron chi connectivity index (χ2n) is 7.50. The molecule has 1 aromatic carbocycles. The summed E-state index contributed by atoms with van der Waals surface area (Å²) in [6.07, 6.45) is 6.21. The van der Waals surface area contributed by atoms with Crippen LogP contribution in [0.2, 0.25) is 0 Å². The number of nitrogens with zero attached hydrogens (tertiary/aromatic N) is 4. The van der Waals surface area contributed by atoms with Gasteiger partial charge in [0.1, 0.15) is 6.04 Å². The highest BCUT2D eigenvalue weighted by molar-refractivity contribution is 5.89. The van der Waals surface area contributed by atoms with Crippen molar-refractivity contribution < 1.29 is 9.59 Å². The molecule has 0 bridgehead atoms. The number of aryl methyl sites for hydroxylation is 1. The van der Waals surface area contributed by atoms with Crippen LogP contribution in [0.5, 0.6) is 0 Å². The maximum Gasteiger partial charge on any atom is 0.245 e. The fraction of sp³-hybridized carbons (Fsp3) is 0.381. The summed E-state index contributed by atoms with van der Waals surface area (Å²) in [5.74, 6) is -0.228. The van der Waals surface area contributed by atoms with Crippen molar-refractivity contribution in [2.24, 2.45) is 7.05 Å². The van der Waals surface area contributed by atoms with Crippen molar-refractivity contribution in [2.75, 3.05) is 31.1 Å². The number of fused-ring (bicyclic) bond motifs is 1. The van der Waals surface area contributed by atoms with Crippen molar-refractivity contribution in [1.29, 1.82) is 0 Å². The summed E-state index contributed by atoms with van der Waals surface area (Å²) in [6.45, 7) is 4.19. The van der Waals surface area contributed by atoms with Crippen LogP contribution in [0.15, 0.2) is 42.9 Å².